The number of hydrogen-bond acceptors (Lipinski definition) is 4. The highest BCUT2D eigenvalue weighted by Gasteiger charge is 2.26. The zero-order chi connectivity index (χ0) is 19.9. The van der Waals surface area contributed by atoms with Crippen LogP contribution < -0.4 is 9.47 Å². The summed E-state index contributed by atoms with van der Waals surface area (Å²) < 4.78 is 24.8. The lowest BCUT2D eigenvalue weighted by atomic mass is 10.0. The molecule has 0 saturated carbocycles. The minimum absolute atomic E-state index is 0.0410. The summed E-state index contributed by atoms with van der Waals surface area (Å²) in [4.78, 5) is 16.6. The predicted molar refractivity (Wildman–Crippen MR) is 106 cm³/mol. The minimum atomic E-state index is -0.181. The fourth-order valence-corrected chi connectivity index (χ4v) is 3.54. The molecule has 2 aromatic rings. The number of ether oxygens (including phenoxy) is 2. The molecule has 1 fully saturated rings. The molecule has 1 saturated heterocycles. The Morgan fingerprint density at radius 1 is 1.18 bits per heavy atom. The van der Waals surface area contributed by atoms with Gasteiger partial charge in [0.2, 0.25) is 0 Å². The van der Waals surface area contributed by atoms with Crippen LogP contribution in [0.15, 0.2) is 48.5 Å². The minimum Gasteiger partial charge on any atom is -0.493 e. The van der Waals surface area contributed by atoms with Crippen molar-refractivity contribution in [2.45, 2.75) is 25.4 Å². The van der Waals surface area contributed by atoms with E-state index < -0.39 is 0 Å². The standard InChI is InChI=1S/C22H27FN2O3/c1-24(22(26)16-28-21-12-6-5-11-20(21)27-2)18-9-7-13-25(15-18)14-17-8-3-4-10-19(17)23/h3-6,8,10-12,18H,7,9,13-16H2,1-2H3. The van der Waals surface area contributed by atoms with Crippen molar-refractivity contribution in [3.8, 4) is 11.5 Å². The van der Waals surface area contributed by atoms with E-state index in [2.05, 4.69) is 4.90 Å². The van der Waals surface area contributed by atoms with Crippen molar-refractivity contribution in [2.24, 2.45) is 0 Å². The first-order valence-electron chi connectivity index (χ1n) is 9.55. The van der Waals surface area contributed by atoms with Crippen LogP contribution in [0, 0.1) is 5.82 Å². The number of likely N-dealkylation sites (N-methyl/N-ethyl adjacent to an activating group) is 1. The Kier molecular flexibility index (Phi) is 6.87. The van der Waals surface area contributed by atoms with Crippen LogP contribution in [0.3, 0.4) is 0 Å². The van der Waals surface area contributed by atoms with Gasteiger partial charge in [-0.1, -0.05) is 30.3 Å². The van der Waals surface area contributed by atoms with Crippen LogP contribution in [0.5, 0.6) is 11.5 Å². The summed E-state index contributed by atoms with van der Waals surface area (Å²) in [5, 5.41) is 0. The van der Waals surface area contributed by atoms with Gasteiger partial charge < -0.3 is 14.4 Å². The van der Waals surface area contributed by atoms with Crippen LogP contribution in [-0.4, -0.2) is 55.6 Å². The largest absolute Gasteiger partial charge is 0.493 e. The van der Waals surface area contributed by atoms with Crippen molar-refractivity contribution in [3.05, 3.63) is 59.9 Å². The molecular formula is C22H27FN2O3. The molecule has 0 aliphatic carbocycles. The summed E-state index contributed by atoms with van der Waals surface area (Å²) in [6.07, 6.45) is 1.91. The summed E-state index contributed by atoms with van der Waals surface area (Å²) >= 11 is 0. The third-order valence-corrected chi connectivity index (χ3v) is 5.19. The number of methoxy groups -OCH3 is 1. The van der Waals surface area contributed by atoms with E-state index in [4.69, 9.17) is 9.47 Å². The van der Waals surface area contributed by atoms with Crippen LogP contribution in [-0.2, 0) is 11.3 Å². The molecule has 0 spiro atoms. The van der Waals surface area contributed by atoms with Crippen LogP contribution in [0.25, 0.3) is 0 Å². The smallest absolute Gasteiger partial charge is 0.260 e. The number of para-hydroxylation sites is 2. The molecule has 1 atom stereocenters. The highest BCUT2D eigenvalue weighted by atomic mass is 19.1. The second-order valence-electron chi connectivity index (χ2n) is 7.07. The molecule has 150 valence electrons. The lowest BCUT2D eigenvalue weighted by molar-refractivity contribution is -0.135. The van der Waals surface area contributed by atoms with Crippen molar-refractivity contribution in [1.29, 1.82) is 0 Å². The van der Waals surface area contributed by atoms with E-state index in [0.717, 1.165) is 25.9 Å². The number of benzene rings is 2. The number of likely N-dealkylation sites (tertiary alicyclic amines) is 1. The van der Waals surface area contributed by atoms with E-state index in [9.17, 15) is 9.18 Å². The molecule has 1 amide bonds. The van der Waals surface area contributed by atoms with E-state index in [1.54, 1.807) is 30.2 Å². The average molecular weight is 386 g/mol. The molecule has 3 rings (SSSR count). The summed E-state index contributed by atoms with van der Waals surface area (Å²) in [5.74, 6) is 0.895. The zero-order valence-electron chi connectivity index (χ0n) is 16.4. The number of carbonyl (C=O) groups excluding carboxylic acids is 1. The number of halogens is 1. The van der Waals surface area contributed by atoms with E-state index in [1.165, 1.54) is 6.07 Å². The molecular weight excluding hydrogens is 359 g/mol. The first-order chi connectivity index (χ1) is 13.6. The number of hydrogen-bond donors (Lipinski definition) is 0. The molecule has 5 nitrogen and oxygen atoms in total. The van der Waals surface area contributed by atoms with Gasteiger partial charge in [-0.05, 0) is 37.6 Å². The molecule has 6 heteroatoms. The Labute approximate surface area is 165 Å². The van der Waals surface area contributed by atoms with Gasteiger partial charge in [0.05, 0.1) is 7.11 Å². The molecule has 1 heterocycles. The first kappa shape index (κ1) is 20.1. The number of nitrogens with zero attached hydrogens (tertiary/aromatic N) is 2. The molecule has 0 bridgehead atoms. The predicted octanol–water partition coefficient (Wildman–Crippen LogP) is 3.34. The second kappa shape index (κ2) is 9.55. The van der Waals surface area contributed by atoms with Crippen molar-refractivity contribution in [3.63, 3.8) is 0 Å². The fourth-order valence-electron chi connectivity index (χ4n) is 3.54. The number of carbonyl (C=O) groups is 1. The lowest BCUT2D eigenvalue weighted by Crippen LogP contribution is -2.49. The van der Waals surface area contributed by atoms with E-state index in [0.29, 0.717) is 23.6 Å². The molecule has 1 aliphatic rings. The SMILES string of the molecule is COc1ccccc1OCC(=O)N(C)C1CCCN(Cc2ccccc2F)C1. The van der Waals surface area contributed by atoms with Gasteiger partial charge in [0.25, 0.3) is 5.91 Å². The van der Waals surface area contributed by atoms with E-state index >= 15 is 0 Å². The molecule has 1 aliphatic heterocycles. The number of amides is 1. The topological polar surface area (TPSA) is 42.0 Å². The van der Waals surface area contributed by atoms with Crippen LogP contribution in [0.2, 0.25) is 0 Å². The Morgan fingerprint density at radius 3 is 2.64 bits per heavy atom. The third-order valence-electron chi connectivity index (χ3n) is 5.19. The normalized spacial score (nSPS) is 17.2. The third kappa shape index (κ3) is 5.01. The second-order valence-corrected chi connectivity index (χ2v) is 7.07. The maximum atomic E-state index is 13.9. The average Bonchev–Trinajstić information content (AvgIpc) is 2.73. The summed E-state index contributed by atoms with van der Waals surface area (Å²) in [6.45, 7) is 2.15. The first-order valence-corrected chi connectivity index (χ1v) is 9.55. The summed E-state index contributed by atoms with van der Waals surface area (Å²) in [7, 11) is 3.38. The Morgan fingerprint density at radius 2 is 1.89 bits per heavy atom. The van der Waals surface area contributed by atoms with E-state index in [-0.39, 0.29) is 24.4 Å². The van der Waals surface area contributed by atoms with Gasteiger partial charge in [-0.2, -0.15) is 0 Å². The molecule has 0 aromatic heterocycles. The quantitative estimate of drug-likeness (QED) is 0.732. The van der Waals surface area contributed by atoms with E-state index in [1.807, 2.05) is 31.3 Å². The monoisotopic (exact) mass is 386 g/mol. The molecule has 2 aromatic carbocycles. The van der Waals surface area contributed by atoms with Crippen molar-refractivity contribution in [1.82, 2.24) is 9.80 Å². The Balaban J connectivity index is 1.55. The lowest BCUT2D eigenvalue weighted by Gasteiger charge is -2.37. The van der Waals surface area contributed by atoms with Crippen LogP contribution in [0.4, 0.5) is 4.39 Å². The van der Waals surface area contributed by atoms with Crippen molar-refractivity contribution < 1.29 is 18.7 Å². The van der Waals surface area contributed by atoms with Crippen LogP contribution >= 0.6 is 0 Å². The molecule has 28 heavy (non-hydrogen) atoms. The highest BCUT2D eigenvalue weighted by molar-refractivity contribution is 5.78. The van der Waals surface area contributed by atoms with Gasteiger partial charge in [-0.3, -0.25) is 9.69 Å². The van der Waals surface area contributed by atoms with Gasteiger partial charge in [0.1, 0.15) is 5.82 Å². The Bertz CT molecular complexity index is 799. The Hall–Kier alpha value is -2.60. The van der Waals surface area contributed by atoms with Crippen molar-refractivity contribution in [2.75, 3.05) is 33.9 Å². The molecule has 0 radical (unpaired) electrons. The number of rotatable bonds is 7. The van der Waals surface area contributed by atoms with Gasteiger partial charge in [-0.15, -0.1) is 0 Å². The van der Waals surface area contributed by atoms with Gasteiger partial charge in [0, 0.05) is 31.7 Å². The molecule has 1 unspecified atom stereocenters. The summed E-state index contributed by atoms with van der Waals surface area (Å²) in [5.41, 5.74) is 0.691. The highest BCUT2D eigenvalue weighted by Crippen LogP contribution is 2.26. The van der Waals surface area contributed by atoms with Gasteiger partial charge in [-0.25, -0.2) is 4.39 Å². The molecule has 0 N–H and O–H groups in total. The maximum Gasteiger partial charge on any atom is 0.260 e. The summed E-state index contributed by atoms with van der Waals surface area (Å²) in [6, 6.07) is 14.2. The number of piperidine rings is 1. The van der Waals surface area contributed by atoms with Crippen molar-refractivity contribution >= 4 is 5.91 Å². The maximum absolute atomic E-state index is 13.9. The van der Waals surface area contributed by atoms with Gasteiger partial charge >= 0.3 is 0 Å². The fraction of sp³-hybridized carbons (Fsp3) is 0.409. The van der Waals surface area contributed by atoms with Crippen LogP contribution in [0.1, 0.15) is 18.4 Å². The zero-order valence-corrected chi connectivity index (χ0v) is 16.4. The van der Waals surface area contributed by atoms with Gasteiger partial charge in [0.15, 0.2) is 18.1 Å².